The van der Waals surface area contributed by atoms with Crippen LogP contribution in [-0.2, 0) is 11.3 Å². The van der Waals surface area contributed by atoms with Crippen molar-refractivity contribution >= 4 is 17.3 Å². The van der Waals surface area contributed by atoms with Gasteiger partial charge < -0.3 is 10.6 Å². The van der Waals surface area contributed by atoms with Crippen LogP contribution in [0.25, 0.3) is 0 Å². The smallest absolute Gasteiger partial charge is 0.292 e. The van der Waals surface area contributed by atoms with Crippen molar-refractivity contribution in [3.05, 3.63) is 33.9 Å². The van der Waals surface area contributed by atoms with E-state index in [0.29, 0.717) is 18.8 Å². The van der Waals surface area contributed by atoms with Crippen molar-refractivity contribution < 1.29 is 9.72 Å². The third-order valence-electron chi connectivity index (χ3n) is 3.91. The fourth-order valence-corrected chi connectivity index (χ4v) is 2.48. The van der Waals surface area contributed by atoms with Gasteiger partial charge in [0.15, 0.2) is 0 Å². The molecular weight excluding hydrogens is 272 g/mol. The number of nitrogens with zero attached hydrogens (tertiary/aromatic N) is 2. The number of anilines is 1. The number of hydrogen-bond donors (Lipinski definition) is 2. The Morgan fingerprint density at radius 3 is 2.81 bits per heavy atom. The molecule has 0 spiro atoms. The number of nitro benzene ring substituents is 1. The summed E-state index contributed by atoms with van der Waals surface area (Å²) in [5.41, 5.74) is 0.890. The molecule has 0 bridgehead atoms. The zero-order valence-electron chi connectivity index (χ0n) is 12.5. The Bertz CT molecular complexity index is 571. The molecule has 1 heterocycles. The van der Waals surface area contributed by atoms with E-state index in [2.05, 4.69) is 15.5 Å². The molecule has 0 atom stereocenters. The molecule has 1 aromatic rings. The Hall–Kier alpha value is -2.15. The van der Waals surface area contributed by atoms with Crippen LogP contribution >= 0.6 is 0 Å². The maximum absolute atomic E-state index is 11.9. The lowest BCUT2D eigenvalue weighted by molar-refractivity contribution is -0.384. The molecule has 1 saturated heterocycles. The van der Waals surface area contributed by atoms with Crippen molar-refractivity contribution in [1.82, 2.24) is 10.2 Å². The highest BCUT2D eigenvalue weighted by Crippen LogP contribution is 2.27. The number of carbonyl (C=O) groups is 1. The third-order valence-corrected chi connectivity index (χ3v) is 3.91. The Labute approximate surface area is 123 Å². The van der Waals surface area contributed by atoms with Crippen molar-refractivity contribution in [2.24, 2.45) is 0 Å². The van der Waals surface area contributed by atoms with Crippen LogP contribution in [0.5, 0.6) is 0 Å². The van der Waals surface area contributed by atoms with Gasteiger partial charge in [0.05, 0.1) is 10.5 Å². The number of benzene rings is 1. The summed E-state index contributed by atoms with van der Waals surface area (Å²) in [6, 6.07) is 5.00. The molecule has 0 aliphatic carbocycles. The van der Waals surface area contributed by atoms with Gasteiger partial charge in [-0.3, -0.25) is 19.8 Å². The largest absolute Gasteiger partial charge is 0.383 e. The fourth-order valence-electron chi connectivity index (χ4n) is 2.48. The molecule has 1 aliphatic rings. The first kappa shape index (κ1) is 15.2. The van der Waals surface area contributed by atoms with Gasteiger partial charge in [-0.05, 0) is 25.5 Å². The van der Waals surface area contributed by atoms with Crippen LogP contribution < -0.4 is 10.6 Å². The normalized spacial score (nSPS) is 18.1. The van der Waals surface area contributed by atoms with Gasteiger partial charge in [0, 0.05) is 32.7 Å². The van der Waals surface area contributed by atoms with Crippen molar-refractivity contribution in [3.63, 3.8) is 0 Å². The predicted molar refractivity (Wildman–Crippen MR) is 80.1 cm³/mol. The molecule has 0 unspecified atom stereocenters. The summed E-state index contributed by atoms with van der Waals surface area (Å²) < 4.78 is 0. The van der Waals surface area contributed by atoms with Crippen molar-refractivity contribution in [2.75, 3.05) is 25.5 Å². The van der Waals surface area contributed by atoms with Crippen LogP contribution in [0.3, 0.4) is 0 Å². The predicted octanol–water partition coefficient (Wildman–Crippen LogP) is 1.35. The van der Waals surface area contributed by atoms with Gasteiger partial charge in [0.25, 0.3) is 5.69 Å². The lowest BCUT2D eigenvalue weighted by Crippen LogP contribution is -2.61. The summed E-state index contributed by atoms with van der Waals surface area (Å²) in [7, 11) is 1.66. The van der Waals surface area contributed by atoms with Crippen molar-refractivity contribution in [3.8, 4) is 0 Å². The second kappa shape index (κ2) is 5.69. The summed E-state index contributed by atoms with van der Waals surface area (Å²) in [4.78, 5) is 24.5. The van der Waals surface area contributed by atoms with Crippen molar-refractivity contribution in [1.29, 1.82) is 0 Å². The zero-order valence-corrected chi connectivity index (χ0v) is 12.5. The number of carbonyl (C=O) groups excluding carboxylic acids is 1. The standard InChI is InChI=1S/C14H20N4O3/c1-14(2)13(19)16-6-7-17(14)9-10-4-5-12(18(20)21)11(8-10)15-3/h4-5,8,15H,6-7,9H2,1-3H3,(H,16,19). The minimum atomic E-state index is -0.584. The second-order valence-electron chi connectivity index (χ2n) is 5.60. The average Bonchev–Trinajstić information content (AvgIpc) is 2.44. The SMILES string of the molecule is CNc1cc(CN2CCNC(=O)C2(C)C)ccc1[N+](=O)[O-]. The Morgan fingerprint density at radius 2 is 2.19 bits per heavy atom. The molecule has 1 aromatic carbocycles. The van der Waals surface area contributed by atoms with Crippen LogP contribution in [-0.4, -0.2) is 41.4 Å². The molecule has 7 heteroatoms. The average molecular weight is 292 g/mol. The molecule has 1 amide bonds. The molecule has 2 rings (SSSR count). The van der Waals surface area contributed by atoms with Crippen LogP contribution in [0.2, 0.25) is 0 Å². The highest BCUT2D eigenvalue weighted by Gasteiger charge is 2.37. The van der Waals surface area contributed by atoms with E-state index in [4.69, 9.17) is 0 Å². The zero-order chi connectivity index (χ0) is 15.6. The quantitative estimate of drug-likeness (QED) is 0.646. The van der Waals surface area contributed by atoms with Gasteiger partial charge in [0.2, 0.25) is 5.91 Å². The summed E-state index contributed by atoms with van der Waals surface area (Å²) in [5, 5.41) is 16.6. The van der Waals surface area contributed by atoms with E-state index < -0.39 is 10.5 Å². The number of amides is 1. The van der Waals surface area contributed by atoms with E-state index in [9.17, 15) is 14.9 Å². The topological polar surface area (TPSA) is 87.5 Å². The van der Waals surface area contributed by atoms with Gasteiger partial charge in [-0.2, -0.15) is 0 Å². The Kier molecular flexibility index (Phi) is 4.13. The van der Waals surface area contributed by atoms with E-state index in [-0.39, 0.29) is 11.6 Å². The van der Waals surface area contributed by atoms with E-state index in [1.165, 1.54) is 6.07 Å². The molecule has 7 nitrogen and oxygen atoms in total. The number of rotatable bonds is 4. The molecular formula is C14H20N4O3. The van der Waals surface area contributed by atoms with E-state index in [0.717, 1.165) is 12.1 Å². The van der Waals surface area contributed by atoms with Crippen LogP contribution in [0, 0.1) is 10.1 Å². The summed E-state index contributed by atoms with van der Waals surface area (Å²) in [6.07, 6.45) is 0. The fraction of sp³-hybridized carbons (Fsp3) is 0.500. The molecule has 0 saturated carbocycles. The number of hydrogen-bond acceptors (Lipinski definition) is 5. The Balaban J connectivity index is 2.23. The molecule has 0 radical (unpaired) electrons. The molecule has 0 aromatic heterocycles. The second-order valence-corrected chi connectivity index (χ2v) is 5.60. The lowest BCUT2D eigenvalue weighted by Gasteiger charge is -2.41. The maximum Gasteiger partial charge on any atom is 0.292 e. The van der Waals surface area contributed by atoms with E-state index in [1.54, 1.807) is 19.2 Å². The first-order valence-corrected chi connectivity index (χ1v) is 6.84. The molecule has 1 aliphatic heterocycles. The molecule has 114 valence electrons. The molecule has 2 N–H and O–H groups in total. The molecule has 21 heavy (non-hydrogen) atoms. The monoisotopic (exact) mass is 292 g/mol. The summed E-state index contributed by atoms with van der Waals surface area (Å²) >= 11 is 0. The van der Waals surface area contributed by atoms with E-state index >= 15 is 0 Å². The Morgan fingerprint density at radius 1 is 1.48 bits per heavy atom. The number of nitrogens with one attached hydrogen (secondary N) is 2. The van der Waals surface area contributed by atoms with Gasteiger partial charge in [-0.1, -0.05) is 6.07 Å². The van der Waals surface area contributed by atoms with Crippen molar-refractivity contribution in [2.45, 2.75) is 25.9 Å². The summed E-state index contributed by atoms with van der Waals surface area (Å²) in [5.74, 6) is 0.00417. The maximum atomic E-state index is 11.9. The van der Waals surface area contributed by atoms with E-state index in [1.807, 2.05) is 13.8 Å². The third kappa shape index (κ3) is 2.97. The van der Waals surface area contributed by atoms with Crippen LogP contribution in [0.1, 0.15) is 19.4 Å². The minimum Gasteiger partial charge on any atom is -0.383 e. The summed E-state index contributed by atoms with van der Waals surface area (Å²) in [6.45, 7) is 5.71. The van der Waals surface area contributed by atoms with Crippen LogP contribution in [0.4, 0.5) is 11.4 Å². The molecule has 1 fully saturated rings. The van der Waals surface area contributed by atoms with Gasteiger partial charge in [-0.25, -0.2) is 0 Å². The number of nitro groups is 1. The minimum absolute atomic E-state index is 0.00417. The number of piperazine rings is 1. The highest BCUT2D eigenvalue weighted by atomic mass is 16.6. The first-order valence-electron chi connectivity index (χ1n) is 6.84. The lowest BCUT2D eigenvalue weighted by atomic mass is 9.98. The van der Waals surface area contributed by atoms with Gasteiger partial charge >= 0.3 is 0 Å². The highest BCUT2D eigenvalue weighted by molar-refractivity contribution is 5.86. The van der Waals surface area contributed by atoms with Gasteiger partial charge in [0.1, 0.15) is 5.69 Å². The first-order chi connectivity index (χ1) is 9.86. The van der Waals surface area contributed by atoms with Crippen LogP contribution in [0.15, 0.2) is 18.2 Å². The van der Waals surface area contributed by atoms with Gasteiger partial charge in [-0.15, -0.1) is 0 Å².